The molecule has 0 radical (unpaired) electrons. The van der Waals surface area contributed by atoms with Crippen molar-refractivity contribution < 1.29 is 19.4 Å². The van der Waals surface area contributed by atoms with E-state index < -0.39 is 17.4 Å². The second kappa shape index (κ2) is 6.93. The van der Waals surface area contributed by atoms with Crippen LogP contribution in [0.4, 0.5) is 0 Å². The highest BCUT2D eigenvalue weighted by atomic mass is 16.5. The van der Waals surface area contributed by atoms with Gasteiger partial charge in [0.1, 0.15) is 5.54 Å². The van der Waals surface area contributed by atoms with Crippen molar-refractivity contribution in [2.45, 2.75) is 31.7 Å². The summed E-state index contributed by atoms with van der Waals surface area (Å²) in [4.78, 5) is 28.8. The van der Waals surface area contributed by atoms with Crippen molar-refractivity contribution in [2.24, 2.45) is 0 Å². The third-order valence-electron chi connectivity index (χ3n) is 4.31. The average molecular weight is 340 g/mol. The van der Waals surface area contributed by atoms with Crippen molar-refractivity contribution in [1.29, 1.82) is 0 Å². The first-order valence-electron chi connectivity index (χ1n) is 8.26. The highest BCUT2D eigenvalue weighted by Crippen LogP contribution is 2.31. The highest BCUT2D eigenvalue weighted by Gasteiger charge is 2.45. The summed E-state index contributed by atoms with van der Waals surface area (Å²) in [6, 6.07) is 10.9. The van der Waals surface area contributed by atoms with Gasteiger partial charge in [-0.15, -0.1) is 0 Å². The molecule has 25 heavy (non-hydrogen) atoms. The molecule has 0 atom stereocenters. The number of carboxylic acid groups (broad SMARTS) is 1. The molecule has 0 bridgehead atoms. The van der Waals surface area contributed by atoms with Gasteiger partial charge in [0.05, 0.1) is 6.61 Å². The number of nitrogens with zero attached hydrogens (tertiary/aromatic N) is 1. The Morgan fingerprint density at radius 3 is 2.48 bits per heavy atom. The molecule has 6 heteroatoms. The number of carboxylic acids is 1. The molecule has 0 fully saturated rings. The summed E-state index contributed by atoms with van der Waals surface area (Å²) in [5.74, 6) is -1.23. The van der Waals surface area contributed by atoms with E-state index in [-0.39, 0.29) is 18.5 Å². The van der Waals surface area contributed by atoms with Crippen LogP contribution in [0.15, 0.2) is 42.6 Å². The Bertz CT molecular complexity index is 779. The maximum atomic E-state index is 12.7. The average Bonchev–Trinajstić information content (AvgIpc) is 2.99. The normalized spacial score (nSPS) is 14.6. The van der Waals surface area contributed by atoms with Crippen LogP contribution in [0.1, 0.15) is 35.0 Å². The number of hydrogen-bond donors (Lipinski definition) is 2. The number of carbonyl (C=O) groups excluding carboxylic acids is 1. The monoisotopic (exact) mass is 340 g/mol. The van der Waals surface area contributed by atoms with Crippen LogP contribution < -0.4 is 10.1 Å². The summed E-state index contributed by atoms with van der Waals surface area (Å²) in [5, 5.41) is 12.5. The number of carbonyl (C=O) groups is 2. The van der Waals surface area contributed by atoms with Crippen LogP contribution >= 0.6 is 0 Å². The molecule has 0 spiro atoms. The number of aromatic nitrogens is 1. The lowest BCUT2D eigenvalue weighted by Gasteiger charge is -2.25. The molecule has 1 amide bonds. The fraction of sp³-hybridized carbons (Fsp3) is 0.316. The van der Waals surface area contributed by atoms with Crippen LogP contribution in [0.2, 0.25) is 0 Å². The van der Waals surface area contributed by atoms with Gasteiger partial charge in [-0.25, -0.2) is 9.78 Å². The van der Waals surface area contributed by atoms with Gasteiger partial charge in [-0.1, -0.05) is 31.2 Å². The highest BCUT2D eigenvalue weighted by molar-refractivity contribution is 5.99. The molecule has 3 rings (SSSR count). The molecule has 1 aromatic heterocycles. The fourth-order valence-corrected chi connectivity index (χ4v) is 3.07. The van der Waals surface area contributed by atoms with Crippen molar-refractivity contribution in [1.82, 2.24) is 10.3 Å². The largest absolute Gasteiger partial charge is 0.491 e. The topological polar surface area (TPSA) is 88.5 Å². The smallest absolute Gasteiger partial charge is 0.330 e. The van der Waals surface area contributed by atoms with Crippen molar-refractivity contribution in [3.05, 3.63) is 59.4 Å². The second-order valence-electron chi connectivity index (χ2n) is 6.16. The number of fused-ring (bicyclic) bond motifs is 1. The minimum atomic E-state index is -1.36. The summed E-state index contributed by atoms with van der Waals surface area (Å²) in [5.41, 5.74) is 0.621. The van der Waals surface area contributed by atoms with Gasteiger partial charge in [0, 0.05) is 19.0 Å². The van der Waals surface area contributed by atoms with Gasteiger partial charge in [0.2, 0.25) is 0 Å². The van der Waals surface area contributed by atoms with Crippen molar-refractivity contribution in [2.75, 3.05) is 6.61 Å². The van der Waals surface area contributed by atoms with Gasteiger partial charge in [-0.05, 0) is 29.7 Å². The standard InChI is InChI=1S/C19H20N2O4/c1-2-10-25-15-8-5-9-20-16(15)17(22)21-19(18(23)24)11-13-6-3-4-7-14(13)12-19/h3-9H,2,10-12H2,1H3,(H,21,22)(H,23,24). The van der Waals surface area contributed by atoms with E-state index in [4.69, 9.17) is 4.74 Å². The molecule has 0 saturated carbocycles. The van der Waals surface area contributed by atoms with Gasteiger partial charge in [-0.3, -0.25) is 4.79 Å². The lowest BCUT2D eigenvalue weighted by molar-refractivity contribution is -0.144. The van der Waals surface area contributed by atoms with Crippen LogP contribution in [0.5, 0.6) is 5.75 Å². The zero-order chi connectivity index (χ0) is 17.9. The first-order chi connectivity index (χ1) is 12.1. The lowest BCUT2D eigenvalue weighted by atomic mass is 9.95. The molecule has 130 valence electrons. The van der Waals surface area contributed by atoms with Crippen molar-refractivity contribution in [3.63, 3.8) is 0 Å². The SMILES string of the molecule is CCCOc1cccnc1C(=O)NC1(C(=O)O)Cc2ccccc2C1. The molecule has 1 aromatic carbocycles. The number of aliphatic carboxylic acids is 1. The first-order valence-corrected chi connectivity index (χ1v) is 8.26. The van der Waals surface area contributed by atoms with Crippen LogP contribution in [0.3, 0.4) is 0 Å². The molecule has 2 aromatic rings. The van der Waals surface area contributed by atoms with E-state index in [1.54, 1.807) is 12.1 Å². The summed E-state index contributed by atoms with van der Waals surface area (Å²) < 4.78 is 5.56. The number of hydrogen-bond acceptors (Lipinski definition) is 4. The fourth-order valence-electron chi connectivity index (χ4n) is 3.07. The number of rotatable bonds is 6. The molecule has 1 aliphatic carbocycles. The Morgan fingerprint density at radius 2 is 1.88 bits per heavy atom. The zero-order valence-electron chi connectivity index (χ0n) is 14.0. The minimum absolute atomic E-state index is 0.104. The quantitative estimate of drug-likeness (QED) is 0.842. The third-order valence-corrected chi connectivity index (χ3v) is 4.31. The zero-order valence-corrected chi connectivity index (χ0v) is 14.0. The molecule has 0 aliphatic heterocycles. The van der Waals surface area contributed by atoms with Crippen molar-refractivity contribution >= 4 is 11.9 Å². The van der Waals surface area contributed by atoms with E-state index in [2.05, 4.69) is 10.3 Å². The number of ether oxygens (including phenoxy) is 1. The predicted molar refractivity (Wildman–Crippen MR) is 91.7 cm³/mol. The van der Waals surface area contributed by atoms with Crippen LogP contribution in [0, 0.1) is 0 Å². The molecule has 2 N–H and O–H groups in total. The molecule has 6 nitrogen and oxygen atoms in total. The van der Waals surface area contributed by atoms with Gasteiger partial charge in [-0.2, -0.15) is 0 Å². The Labute approximate surface area is 145 Å². The Balaban J connectivity index is 1.85. The van der Waals surface area contributed by atoms with Crippen LogP contribution in [-0.2, 0) is 17.6 Å². The van der Waals surface area contributed by atoms with Crippen molar-refractivity contribution in [3.8, 4) is 5.75 Å². The van der Waals surface area contributed by atoms with Crippen LogP contribution in [0.25, 0.3) is 0 Å². The van der Waals surface area contributed by atoms with E-state index in [9.17, 15) is 14.7 Å². The molecule has 0 unspecified atom stereocenters. The number of nitrogens with one attached hydrogen (secondary N) is 1. The second-order valence-corrected chi connectivity index (χ2v) is 6.16. The van der Waals surface area contributed by atoms with E-state index in [1.165, 1.54) is 6.20 Å². The molecular weight excluding hydrogens is 320 g/mol. The van der Waals surface area contributed by atoms with E-state index >= 15 is 0 Å². The van der Waals surface area contributed by atoms with Gasteiger partial charge in [0.15, 0.2) is 11.4 Å². The Morgan fingerprint density at radius 1 is 1.20 bits per heavy atom. The molecule has 0 saturated heterocycles. The van der Waals surface area contributed by atoms with Gasteiger partial charge < -0.3 is 15.2 Å². The summed E-state index contributed by atoms with van der Waals surface area (Å²) in [7, 11) is 0. The van der Waals surface area contributed by atoms with Crippen LogP contribution in [-0.4, -0.2) is 34.1 Å². The summed E-state index contributed by atoms with van der Waals surface area (Å²) in [6.45, 7) is 2.42. The summed E-state index contributed by atoms with van der Waals surface area (Å²) in [6.07, 6.45) is 2.79. The Kier molecular flexibility index (Phi) is 4.70. The number of benzene rings is 1. The van der Waals surface area contributed by atoms with E-state index in [0.717, 1.165) is 17.5 Å². The molecular formula is C19H20N2O4. The molecule has 1 heterocycles. The Hall–Kier alpha value is -2.89. The van der Waals surface area contributed by atoms with Gasteiger partial charge >= 0.3 is 5.97 Å². The maximum Gasteiger partial charge on any atom is 0.330 e. The summed E-state index contributed by atoms with van der Waals surface area (Å²) >= 11 is 0. The minimum Gasteiger partial charge on any atom is -0.491 e. The lowest BCUT2D eigenvalue weighted by Crippen LogP contribution is -2.55. The third kappa shape index (κ3) is 3.33. The van der Waals surface area contributed by atoms with E-state index in [0.29, 0.717) is 12.4 Å². The number of pyridine rings is 1. The van der Waals surface area contributed by atoms with E-state index in [1.807, 2.05) is 31.2 Å². The van der Waals surface area contributed by atoms with Gasteiger partial charge in [0.25, 0.3) is 5.91 Å². The molecule has 1 aliphatic rings. The maximum absolute atomic E-state index is 12.7. The number of amides is 1. The predicted octanol–water partition coefficient (Wildman–Crippen LogP) is 2.22. The first kappa shape index (κ1) is 17.0.